The normalized spacial score (nSPS) is 13.5. The summed E-state index contributed by atoms with van der Waals surface area (Å²) >= 11 is 1.58. The zero-order valence-electron chi connectivity index (χ0n) is 16.9. The Kier molecular flexibility index (Phi) is 11.7. The molecule has 3 N–H and O–H groups in total. The zero-order chi connectivity index (χ0) is 19.5. The molecule has 156 valence electrons. The number of halogens is 1. The van der Waals surface area contributed by atoms with Crippen LogP contribution in [0.5, 0.6) is 0 Å². The quantitative estimate of drug-likeness (QED) is 0.191. The molecule has 5 nitrogen and oxygen atoms in total. The lowest BCUT2D eigenvalue weighted by molar-refractivity contribution is 0.0621. The summed E-state index contributed by atoms with van der Waals surface area (Å²) in [6.45, 7) is 9.02. The van der Waals surface area contributed by atoms with Gasteiger partial charge >= 0.3 is 0 Å². The topological polar surface area (TPSA) is 65.9 Å². The van der Waals surface area contributed by atoms with Crippen LogP contribution in [0.3, 0.4) is 0 Å². The van der Waals surface area contributed by atoms with Crippen LogP contribution in [0.2, 0.25) is 0 Å². The first-order valence-electron chi connectivity index (χ1n) is 9.48. The van der Waals surface area contributed by atoms with Crippen molar-refractivity contribution in [1.82, 2.24) is 10.6 Å². The van der Waals surface area contributed by atoms with E-state index in [-0.39, 0.29) is 24.0 Å². The number of aliphatic hydroxyl groups is 1. The fraction of sp³-hybridized carbons (Fsp3) is 0.476. The van der Waals surface area contributed by atoms with Crippen molar-refractivity contribution < 1.29 is 9.84 Å². The first-order chi connectivity index (χ1) is 13.1. The first kappa shape index (κ1) is 24.9. The van der Waals surface area contributed by atoms with Gasteiger partial charge in [-0.15, -0.1) is 24.0 Å². The van der Waals surface area contributed by atoms with E-state index in [1.54, 1.807) is 11.3 Å². The molecule has 0 aliphatic carbocycles. The molecule has 1 aromatic carbocycles. The molecule has 1 heterocycles. The molecular weight excluding hydrogens is 485 g/mol. The van der Waals surface area contributed by atoms with Crippen LogP contribution in [0.4, 0.5) is 0 Å². The second-order valence-electron chi connectivity index (χ2n) is 6.66. The van der Waals surface area contributed by atoms with Crippen LogP contribution in [-0.2, 0) is 23.5 Å². The van der Waals surface area contributed by atoms with Crippen molar-refractivity contribution in [3.05, 3.63) is 57.8 Å². The Morgan fingerprint density at radius 2 is 1.93 bits per heavy atom. The molecule has 0 spiro atoms. The third-order valence-electron chi connectivity index (χ3n) is 4.22. The Labute approximate surface area is 189 Å². The average Bonchev–Trinajstić information content (AvgIpc) is 3.21. The fourth-order valence-electron chi connectivity index (χ4n) is 2.61. The summed E-state index contributed by atoms with van der Waals surface area (Å²) in [6.07, 6.45) is 1.01. The van der Waals surface area contributed by atoms with Crippen LogP contribution in [-0.4, -0.2) is 30.8 Å². The van der Waals surface area contributed by atoms with Crippen molar-refractivity contribution in [3.8, 4) is 0 Å². The molecule has 7 heteroatoms. The van der Waals surface area contributed by atoms with Gasteiger partial charge in [0.1, 0.15) is 5.60 Å². The molecule has 1 atom stereocenters. The van der Waals surface area contributed by atoms with E-state index in [4.69, 9.17) is 4.74 Å². The van der Waals surface area contributed by atoms with E-state index < -0.39 is 5.60 Å². The third kappa shape index (κ3) is 8.06. The molecule has 28 heavy (non-hydrogen) atoms. The Morgan fingerprint density at radius 3 is 2.57 bits per heavy atom. The molecule has 0 aliphatic heterocycles. The molecule has 0 bridgehead atoms. The van der Waals surface area contributed by atoms with E-state index in [9.17, 15) is 5.11 Å². The van der Waals surface area contributed by atoms with Gasteiger partial charge < -0.3 is 20.5 Å². The van der Waals surface area contributed by atoms with Gasteiger partial charge in [-0.25, -0.2) is 4.99 Å². The van der Waals surface area contributed by atoms with Gasteiger partial charge in [-0.1, -0.05) is 31.2 Å². The number of hydrogen-bond donors (Lipinski definition) is 3. The summed E-state index contributed by atoms with van der Waals surface area (Å²) in [5.41, 5.74) is 2.28. The average molecular weight is 517 g/mol. The van der Waals surface area contributed by atoms with Gasteiger partial charge in [0.05, 0.1) is 19.7 Å². The van der Waals surface area contributed by atoms with Gasteiger partial charge in [-0.3, -0.25) is 0 Å². The molecule has 0 saturated carbocycles. The van der Waals surface area contributed by atoms with Crippen molar-refractivity contribution in [2.24, 2.45) is 4.99 Å². The third-order valence-corrected chi connectivity index (χ3v) is 4.90. The number of nitrogens with zero attached hydrogens (tertiary/aromatic N) is 1. The van der Waals surface area contributed by atoms with Crippen molar-refractivity contribution in [1.29, 1.82) is 0 Å². The second-order valence-corrected chi connectivity index (χ2v) is 7.44. The van der Waals surface area contributed by atoms with Crippen molar-refractivity contribution in [2.45, 2.75) is 45.9 Å². The molecule has 0 saturated heterocycles. The lowest BCUT2D eigenvalue weighted by Crippen LogP contribution is -2.44. The maximum atomic E-state index is 10.7. The molecule has 0 amide bonds. The molecule has 1 unspecified atom stereocenters. The number of rotatable bonds is 10. The Morgan fingerprint density at radius 1 is 1.18 bits per heavy atom. The number of benzene rings is 1. The predicted octanol–water partition coefficient (Wildman–Crippen LogP) is 4.26. The van der Waals surface area contributed by atoms with Gasteiger partial charge in [0.2, 0.25) is 0 Å². The summed E-state index contributed by atoms with van der Waals surface area (Å²) in [4.78, 5) is 4.69. The lowest BCUT2D eigenvalue weighted by Gasteiger charge is -2.24. The summed E-state index contributed by atoms with van der Waals surface area (Å²) < 4.78 is 5.69. The van der Waals surface area contributed by atoms with Crippen LogP contribution >= 0.6 is 35.3 Å². The summed E-state index contributed by atoms with van der Waals surface area (Å²) in [7, 11) is 0. The minimum Gasteiger partial charge on any atom is -0.384 e. The van der Waals surface area contributed by atoms with Crippen molar-refractivity contribution in [3.63, 3.8) is 0 Å². The van der Waals surface area contributed by atoms with Gasteiger partial charge in [-0.05, 0) is 53.8 Å². The van der Waals surface area contributed by atoms with E-state index in [2.05, 4.69) is 34.7 Å². The highest BCUT2D eigenvalue weighted by atomic mass is 127. The molecule has 1 aromatic heterocycles. The number of thiophene rings is 1. The van der Waals surface area contributed by atoms with E-state index in [1.807, 2.05) is 42.8 Å². The maximum Gasteiger partial charge on any atom is 0.191 e. The van der Waals surface area contributed by atoms with Crippen LogP contribution in [0, 0.1) is 0 Å². The van der Waals surface area contributed by atoms with Gasteiger partial charge in [0.25, 0.3) is 0 Å². The number of hydrogen-bond acceptors (Lipinski definition) is 4. The van der Waals surface area contributed by atoms with Crippen LogP contribution in [0.15, 0.2) is 46.1 Å². The van der Waals surface area contributed by atoms with Crippen LogP contribution in [0.1, 0.15) is 43.9 Å². The van der Waals surface area contributed by atoms with E-state index in [1.165, 1.54) is 0 Å². The molecule has 2 rings (SSSR count). The molecular formula is C21H32IN3O2S. The Bertz CT molecular complexity index is 705. The predicted molar refractivity (Wildman–Crippen MR) is 129 cm³/mol. The smallest absolute Gasteiger partial charge is 0.191 e. The highest BCUT2D eigenvalue weighted by molar-refractivity contribution is 14.0. The van der Waals surface area contributed by atoms with Crippen molar-refractivity contribution >= 4 is 41.3 Å². The molecule has 0 aliphatic rings. The number of guanidine groups is 1. The summed E-state index contributed by atoms with van der Waals surface area (Å²) in [5, 5.41) is 21.1. The molecule has 0 radical (unpaired) electrons. The second kappa shape index (κ2) is 13.1. The molecule has 2 aromatic rings. The van der Waals surface area contributed by atoms with Gasteiger partial charge in [0.15, 0.2) is 5.96 Å². The van der Waals surface area contributed by atoms with Crippen LogP contribution in [0.25, 0.3) is 0 Å². The summed E-state index contributed by atoms with van der Waals surface area (Å²) in [6, 6.07) is 10.2. The maximum absolute atomic E-state index is 10.7. The Hall–Kier alpha value is -1.16. The summed E-state index contributed by atoms with van der Waals surface area (Å²) in [5.74, 6) is 0.692. The first-order valence-corrected chi connectivity index (χ1v) is 10.4. The number of nitrogens with one attached hydrogen (secondary N) is 2. The minimum absolute atomic E-state index is 0. The van der Waals surface area contributed by atoms with Gasteiger partial charge in [-0.2, -0.15) is 11.3 Å². The number of aliphatic imine (C=N–C) groups is 1. The highest BCUT2D eigenvalue weighted by Gasteiger charge is 2.23. The lowest BCUT2D eigenvalue weighted by atomic mass is 9.99. The largest absolute Gasteiger partial charge is 0.384 e. The van der Waals surface area contributed by atoms with E-state index >= 15 is 0 Å². The van der Waals surface area contributed by atoms with Crippen LogP contribution < -0.4 is 10.6 Å². The molecule has 0 fully saturated rings. The minimum atomic E-state index is -0.942. The zero-order valence-corrected chi connectivity index (χ0v) is 20.1. The van der Waals surface area contributed by atoms with Gasteiger partial charge in [0, 0.05) is 13.2 Å². The monoisotopic (exact) mass is 517 g/mol. The van der Waals surface area contributed by atoms with E-state index in [0.29, 0.717) is 25.7 Å². The number of ether oxygens (including phenoxy) is 1. The van der Waals surface area contributed by atoms with E-state index in [0.717, 1.165) is 36.3 Å². The highest BCUT2D eigenvalue weighted by Crippen LogP contribution is 2.22. The SMILES string of the molecule is CCCOCc1ccccc1CN=C(NCC)NCC(C)(O)c1ccsc1.I. The van der Waals surface area contributed by atoms with Crippen molar-refractivity contribution in [2.75, 3.05) is 19.7 Å². The Balaban J connectivity index is 0.00000392. The fourth-order valence-corrected chi connectivity index (χ4v) is 3.40. The standard InChI is InChI=1S/C21H31N3O2S.HI/c1-4-11-26-14-18-9-7-6-8-17(18)13-23-20(22-5-2)24-16-21(3,25)19-10-12-27-15-19;/h6-10,12,15,25H,4-5,11,13-14,16H2,1-3H3,(H2,22,23,24);1H.